The maximum absolute atomic E-state index is 13.7. The SMILES string of the molecule is COc1cc(F)cc(CN=C(NCC(=O)N(C)C)NCC2CCCCC2)c1. The van der Waals surface area contributed by atoms with Crippen molar-refractivity contribution >= 4 is 11.9 Å². The smallest absolute Gasteiger partial charge is 0.241 e. The third-order valence-electron chi connectivity index (χ3n) is 4.78. The Bertz CT molecular complexity index is 643. The fourth-order valence-corrected chi connectivity index (χ4v) is 3.12. The molecule has 0 spiro atoms. The molecule has 2 N–H and O–H groups in total. The van der Waals surface area contributed by atoms with Crippen molar-refractivity contribution in [2.45, 2.75) is 38.6 Å². The van der Waals surface area contributed by atoms with Gasteiger partial charge in [0, 0.05) is 26.7 Å². The summed E-state index contributed by atoms with van der Waals surface area (Å²) >= 11 is 0. The first-order valence-electron chi connectivity index (χ1n) is 9.53. The number of carbonyl (C=O) groups is 1. The van der Waals surface area contributed by atoms with Gasteiger partial charge >= 0.3 is 0 Å². The van der Waals surface area contributed by atoms with Crippen LogP contribution in [0.2, 0.25) is 0 Å². The number of halogens is 1. The van der Waals surface area contributed by atoms with Gasteiger partial charge in [-0.25, -0.2) is 9.38 Å². The minimum atomic E-state index is -0.355. The molecule has 0 aliphatic heterocycles. The summed E-state index contributed by atoms with van der Waals surface area (Å²) in [7, 11) is 4.94. The zero-order valence-electron chi connectivity index (χ0n) is 16.6. The third-order valence-corrected chi connectivity index (χ3v) is 4.78. The zero-order chi connectivity index (χ0) is 19.6. The molecule has 1 fully saturated rings. The normalized spacial score (nSPS) is 15.3. The standard InChI is InChI=1S/C20H31FN4O2/c1-25(2)19(26)14-24-20(22-12-15-7-5-4-6-8-15)23-13-16-9-17(21)11-18(10-16)27-3/h9-11,15H,4-8,12-14H2,1-3H3,(H2,22,23,24). The van der Waals surface area contributed by atoms with Gasteiger partial charge in [0.15, 0.2) is 5.96 Å². The summed E-state index contributed by atoms with van der Waals surface area (Å²) in [6, 6.07) is 4.54. The number of carbonyl (C=O) groups excluding carboxylic acids is 1. The highest BCUT2D eigenvalue weighted by Gasteiger charge is 2.14. The van der Waals surface area contributed by atoms with Crippen LogP contribution < -0.4 is 15.4 Å². The molecular weight excluding hydrogens is 347 g/mol. The molecule has 2 rings (SSSR count). The number of amides is 1. The average molecular weight is 378 g/mol. The summed E-state index contributed by atoms with van der Waals surface area (Å²) in [6.07, 6.45) is 6.30. The summed E-state index contributed by atoms with van der Waals surface area (Å²) in [5, 5.41) is 6.42. The Labute approximate surface area is 161 Å². The predicted molar refractivity (Wildman–Crippen MR) is 105 cm³/mol. The Balaban J connectivity index is 2.01. The molecule has 150 valence electrons. The van der Waals surface area contributed by atoms with Crippen molar-refractivity contribution in [3.05, 3.63) is 29.6 Å². The molecule has 27 heavy (non-hydrogen) atoms. The summed E-state index contributed by atoms with van der Waals surface area (Å²) in [4.78, 5) is 17.9. The fraction of sp³-hybridized carbons (Fsp3) is 0.600. The second-order valence-corrected chi connectivity index (χ2v) is 7.19. The first-order valence-corrected chi connectivity index (χ1v) is 9.53. The van der Waals surface area contributed by atoms with E-state index in [2.05, 4.69) is 15.6 Å². The second kappa shape index (κ2) is 10.7. The third kappa shape index (κ3) is 7.45. The van der Waals surface area contributed by atoms with E-state index in [0.29, 0.717) is 29.7 Å². The summed E-state index contributed by atoms with van der Waals surface area (Å²) in [5.74, 6) is 1.28. The molecule has 0 unspecified atom stereocenters. The highest BCUT2D eigenvalue weighted by Crippen LogP contribution is 2.22. The Kier molecular flexibility index (Phi) is 8.36. The molecule has 1 saturated carbocycles. The first kappa shape index (κ1) is 21.0. The van der Waals surface area contributed by atoms with Crippen molar-refractivity contribution in [2.24, 2.45) is 10.9 Å². The van der Waals surface area contributed by atoms with E-state index in [4.69, 9.17) is 4.74 Å². The van der Waals surface area contributed by atoms with E-state index in [9.17, 15) is 9.18 Å². The Morgan fingerprint density at radius 3 is 2.63 bits per heavy atom. The van der Waals surface area contributed by atoms with Gasteiger partial charge in [0.1, 0.15) is 11.6 Å². The highest BCUT2D eigenvalue weighted by atomic mass is 19.1. The van der Waals surface area contributed by atoms with Crippen LogP contribution in [0, 0.1) is 11.7 Å². The lowest BCUT2D eigenvalue weighted by Gasteiger charge is -2.23. The van der Waals surface area contributed by atoms with Crippen LogP contribution in [0.1, 0.15) is 37.7 Å². The van der Waals surface area contributed by atoms with Crippen LogP contribution >= 0.6 is 0 Å². The van der Waals surface area contributed by atoms with Gasteiger partial charge in [0.25, 0.3) is 0 Å². The largest absolute Gasteiger partial charge is 0.497 e. The molecule has 1 aliphatic rings. The number of benzene rings is 1. The Morgan fingerprint density at radius 2 is 1.96 bits per heavy atom. The number of aliphatic imine (C=N–C) groups is 1. The van der Waals surface area contributed by atoms with Crippen LogP contribution in [0.5, 0.6) is 5.75 Å². The maximum atomic E-state index is 13.7. The predicted octanol–water partition coefficient (Wildman–Crippen LogP) is 2.54. The van der Waals surface area contributed by atoms with Crippen molar-refractivity contribution in [1.29, 1.82) is 0 Å². The highest BCUT2D eigenvalue weighted by molar-refractivity contribution is 5.86. The monoisotopic (exact) mass is 378 g/mol. The number of hydrogen-bond acceptors (Lipinski definition) is 3. The van der Waals surface area contributed by atoms with Crippen LogP contribution in [0.4, 0.5) is 4.39 Å². The molecule has 0 saturated heterocycles. The van der Waals surface area contributed by atoms with Crippen LogP contribution in [0.25, 0.3) is 0 Å². The number of methoxy groups -OCH3 is 1. The lowest BCUT2D eigenvalue weighted by molar-refractivity contribution is -0.127. The lowest BCUT2D eigenvalue weighted by atomic mass is 9.89. The molecule has 1 aromatic carbocycles. The number of ether oxygens (including phenoxy) is 1. The number of likely N-dealkylation sites (N-methyl/N-ethyl adjacent to an activating group) is 1. The van der Waals surface area contributed by atoms with Crippen LogP contribution in [-0.4, -0.2) is 51.1 Å². The average Bonchev–Trinajstić information content (AvgIpc) is 2.67. The second-order valence-electron chi connectivity index (χ2n) is 7.19. The number of nitrogens with zero attached hydrogens (tertiary/aromatic N) is 2. The summed E-state index contributed by atoms with van der Waals surface area (Å²) < 4.78 is 18.8. The minimum Gasteiger partial charge on any atom is -0.497 e. The number of hydrogen-bond donors (Lipinski definition) is 2. The molecule has 6 nitrogen and oxygen atoms in total. The van der Waals surface area contributed by atoms with Gasteiger partial charge in [-0.05, 0) is 36.5 Å². The van der Waals surface area contributed by atoms with Gasteiger partial charge in [-0.3, -0.25) is 4.79 Å². The Morgan fingerprint density at radius 1 is 1.22 bits per heavy atom. The summed E-state index contributed by atoms with van der Waals surface area (Å²) in [6.45, 7) is 1.29. The summed E-state index contributed by atoms with van der Waals surface area (Å²) in [5.41, 5.74) is 0.713. The van der Waals surface area contributed by atoms with Gasteiger partial charge in [0.2, 0.25) is 5.91 Å². The number of guanidine groups is 1. The van der Waals surface area contributed by atoms with Crippen LogP contribution in [0.3, 0.4) is 0 Å². The van der Waals surface area contributed by atoms with Crippen molar-refractivity contribution in [3.8, 4) is 5.75 Å². The molecule has 0 radical (unpaired) electrons. The quantitative estimate of drug-likeness (QED) is 0.565. The van der Waals surface area contributed by atoms with Crippen LogP contribution in [-0.2, 0) is 11.3 Å². The van der Waals surface area contributed by atoms with Gasteiger partial charge in [-0.15, -0.1) is 0 Å². The molecule has 0 atom stereocenters. The molecule has 1 aliphatic carbocycles. The van der Waals surface area contributed by atoms with E-state index >= 15 is 0 Å². The lowest BCUT2D eigenvalue weighted by Crippen LogP contribution is -2.44. The number of rotatable bonds is 7. The van der Waals surface area contributed by atoms with Gasteiger partial charge in [-0.2, -0.15) is 0 Å². The van der Waals surface area contributed by atoms with Crippen LogP contribution in [0.15, 0.2) is 23.2 Å². The van der Waals surface area contributed by atoms with Crippen molar-refractivity contribution in [2.75, 3.05) is 34.3 Å². The molecular formula is C20H31FN4O2. The molecule has 0 heterocycles. The van der Waals surface area contributed by atoms with E-state index in [1.54, 1.807) is 20.2 Å². The van der Waals surface area contributed by atoms with E-state index < -0.39 is 0 Å². The topological polar surface area (TPSA) is 66.0 Å². The molecule has 1 amide bonds. The van der Waals surface area contributed by atoms with Crippen molar-refractivity contribution < 1.29 is 13.9 Å². The van der Waals surface area contributed by atoms with E-state index in [0.717, 1.165) is 6.54 Å². The molecule has 1 aromatic rings. The fourth-order valence-electron chi connectivity index (χ4n) is 3.12. The Hall–Kier alpha value is -2.31. The van der Waals surface area contributed by atoms with E-state index in [1.807, 2.05) is 0 Å². The van der Waals surface area contributed by atoms with E-state index in [1.165, 1.54) is 56.2 Å². The molecule has 0 bridgehead atoms. The van der Waals surface area contributed by atoms with Crippen molar-refractivity contribution in [3.63, 3.8) is 0 Å². The first-order chi connectivity index (χ1) is 13.0. The van der Waals surface area contributed by atoms with Crippen molar-refractivity contribution in [1.82, 2.24) is 15.5 Å². The van der Waals surface area contributed by atoms with Gasteiger partial charge in [0.05, 0.1) is 20.2 Å². The zero-order valence-corrected chi connectivity index (χ0v) is 16.6. The van der Waals surface area contributed by atoms with Gasteiger partial charge in [-0.1, -0.05) is 19.3 Å². The van der Waals surface area contributed by atoms with Gasteiger partial charge < -0.3 is 20.3 Å². The maximum Gasteiger partial charge on any atom is 0.241 e. The molecule has 0 aromatic heterocycles. The number of nitrogens with one attached hydrogen (secondary N) is 2. The minimum absolute atomic E-state index is 0.0328. The van der Waals surface area contributed by atoms with E-state index in [-0.39, 0.29) is 18.3 Å². The molecule has 7 heteroatoms.